The Morgan fingerprint density at radius 1 is 1.29 bits per heavy atom. The number of hydrogen-bond acceptors (Lipinski definition) is 4. The molecule has 1 aromatic carbocycles. The summed E-state index contributed by atoms with van der Waals surface area (Å²) in [6.07, 6.45) is -1.90. The Hall–Kier alpha value is -2.59. The molecule has 3 aromatic rings. The minimum Gasteiger partial charge on any atom is -0.393 e. The molecular formula is C20H18ClF4N3O2S. The Balaban J connectivity index is 1.85. The van der Waals surface area contributed by atoms with Gasteiger partial charge in [-0.05, 0) is 35.6 Å². The molecule has 11 heteroatoms. The molecule has 0 unspecified atom stereocenters. The minimum atomic E-state index is -4.81. The number of nitrogens with zero attached hydrogens (tertiary/aromatic N) is 2. The molecule has 3 rings (SSSR count). The molecule has 2 aromatic heterocycles. The van der Waals surface area contributed by atoms with Crippen molar-refractivity contribution in [1.29, 1.82) is 0 Å². The molecule has 0 radical (unpaired) electrons. The fourth-order valence-electron chi connectivity index (χ4n) is 2.94. The van der Waals surface area contributed by atoms with Gasteiger partial charge in [0.2, 0.25) is 5.88 Å². The van der Waals surface area contributed by atoms with Gasteiger partial charge in [0.05, 0.1) is 18.3 Å². The third kappa shape index (κ3) is 6.20. The number of thiazole rings is 1. The summed E-state index contributed by atoms with van der Waals surface area (Å²) in [5, 5.41) is 2.68. The predicted octanol–water partition coefficient (Wildman–Crippen LogP) is 6.61. The van der Waals surface area contributed by atoms with Gasteiger partial charge in [0.25, 0.3) is 0 Å². The van der Waals surface area contributed by atoms with Crippen molar-refractivity contribution in [3.8, 4) is 5.88 Å². The fraction of sp³-hybridized carbons (Fsp3) is 0.300. The molecule has 0 spiro atoms. The van der Waals surface area contributed by atoms with Gasteiger partial charge in [-0.25, -0.2) is 14.2 Å². The van der Waals surface area contributed by atoms with Crippen LogP contribution in [0.5, 0.6) is 5.88 Å². The second kappa shape index (κ2) is 9.27. The number of anilines is 1. The second-order valence-electron chi connectivity index (χ2n) is 7.21. The highest BCUT2D eigenvalue weighted by Gasteiger charge is 2.34. The van der Waals surface area contributed by atoms with Crippen molar-refractivity contribution in [2.45, 2.75) is 33.0 Å². The van der Waals surface area contributed by atoms with Gasteiger partial charge >= 0.3 is 12.3 Å². The number of halogens is 5. The lowest BCUT2D eigenvalue weighted by molar-refractivity contribution is -0.140. The first-order valence-electron chi connectivity index (χ1n) is 9.16. The zero-order valence-corrected chi connectivity index (χ0v) is 18.0. The molecule has 0 saturated heterocycles. The van der Waals surface area contributed by atoms with Gasteiger partial charge in [0.1, 0.15) is 10.2 Å². The Kier molecular flexibility index (Phi) is 6.90. The van der Waals surface area contributed by atoms with Crippen molar-refractivity contribution in [1.82, 2.24) is 9.55 Å². The van der Waals surface area contributed by atoms with Crippen molar-refractivity contribution < 1.29 is 27.1 Å². The topological polar surface area (TPSA) is 56.1 Å². The van der Waals surface area contributed by atoms with Crippen LogP contribution in [0.25, 0.3) is 0 Å². The van der Waals surface area contributed by atoms with E-state index in [1.807, 2.05) is 13.8 Å². The number of ether oxygens (including phenoxy) is 1. The first-order valence-corrected chi connectivity index (χ1v) is 10.4. The lowest BCUT2D eigenvalue weighted by Gasteiger charge is -2.12. The average molecular weight is 476 g/mol. The van der Waals surface area contributed by atoms with Crippen LogP contribution in [0, 0.1) is 11.7 Å². The average Bonchev–Trinajstić information content (AvgIpc) is 3.20. The van der Waals surface area contributed by atoms with Crippen LogP contribution >= 0.6 is 22.9 Å². The first kappa shape index (κ1) is 23.1. The van der Waals surface area contributed by atoms with Crippen LogP contribution in [0.1, 0.15) is 30.5 Å². The maximum absolute atomic E-state index is 13.6. The van der Waals surface area contributed by atoms with Crippen LogP contribution in [0.2, 0.25) is 4.34 Å². The summed E-state index contributed by atoms with van der Waals surface area (Å²) >= 11 is 6.83. The van der Waals surface area contributed by atoms with E-state index >= 15 is 0 Å². The summed E-state index contributed by atoms with van der Waals surface area (Å²) < 4.78 is 59.9. The van der Waals surface area contributed by atoms with E-state index in [0.717, 1.165) is 29.0 Å². The Bertz CT molecular complexity index is 1080. The van der Waals surface area contributed by atoms with Crippen molar-refractivity contribution in [2.75, 3.05) is 5.32 Å². The van der Waals surface area contributed by atoms with E-state index in [4.69, 9.17) is 16.3 Å². The summed E-state index contributed by atoms with van der Waals surface area (Å²) in [5.74, 6) is -0.909. The van der Waals surface area contributed by atoms with Gasteiger partial charge < -0.3 is 9.30 Å². The highest BCUT2D eigenvalue weighted by Crippen LogP contribution is 2.32. The molecular weight excluding hydrogens is 458 g/mol. The van der Waals surface area contributed by atoms with Crippen LogP contribution in [0.15, 0.2) is 36.7 Å². The van der Waals surface area contributed by atoms with Crippen molar-refractivity contribution in [3.05, 3.63) is 63.5 Å². The molecule has 0 aliphatic rings. The quantitative estimate of drug-likeness (QED) is 0.408. The second-order valence-corrected chi connectivity index (χ2v) is 8.87. The summed E-state index contributed by atoms with van der Waals surface area (Å²) in [5.41, 5.74) is -0.300. The third-order valence-electron chi connectivity index (χ3n) is 4.13. The van der Waals surface area contributed by atoms with Crippen LogP contribution < -0.4 is 10.1 Å². The number of nitrogens with one attached hydrogen (secondary N) is 1. The molecule has 0 aliphatic carbocycles. The van der Waals surface area contributed by atoms with Gasteiger partial charge in [0, 0.05) is 12.3 Å². The van der Waals surface area contributed by atoms with Gasteiger partial charge in [-0.1, -0.05) is 42.9 Å². The van der Waals surface area contributed by atoms with Crippen molar-refractivity contribution in [3.63, 3.8) is 0 Å². The number of hydrogen-bond donors (Lipinski definition) is 1. The molecule has 31 heavy (non-hydrogen) atoms. The van der Waals surface area contributed by atoms with E-state index < -0.39 is 23.7 Å². The molecule has 0 atom stereocenters. The van der Waals surface area contributed by atoms with E-state index in [0.29, 0.717) is 16.7 Å². The lowest BCUT2D eigenvalue weighted by Crippen LogP contribution is -2.18. The number of carbonyl (C=O) groups is 1. The smallest absolute Gasteiger partial charge is 0.393 e. The van der Waals surface area contributed by atoms with E-state index in [9.17, 15) is 22.4 Å². The van der Waals surface area contributed by atoms with Gasteiger partial charge in [-0.2, -0.15) is 13.2 Å². The maximum Gasteiger partial charge on any atom is 0.420 e. The molecule has 2 heterocycles. The highest BCUT2D eigenvalue weighted by atomic mass is 35.5. The number of aromatic nitrogens is 2. The van der Waals surface area contributed by atoms with Crippen molar-refractivity contribution >= 4 is 34.2 Å². The molecule has 1 amide bonds. The number of rotatable bonds is 6. The molecule has 0 aliphatic heterocycles. The normalized spacial score (nSPS) is 11.7. The summed E-state index contributed by atoms with van der Waals surface area (Å²) in [6.45, 7) is 3.96. The van der Waals surface area contributed by atoms with E-state index in [1.54, 1.807) is 12.3 Å². The Morgan fingerprint density at radius 3 is 2.65 bits per heavy atom. The molecule has 5 nitrogen and oxygen atoms in total. The highest BCUT2D eigenvalue weighted by molar-refractivity contribution is 7.19. The van der Waals surface area contributed by atoms with Gasteiger partial charge in [-0.15, -0.1) is 0 Å². The summed E-state index contributed by atoms with van der Waals surface area (Å²) in [7, 11) is 0. The molecule has 0 saturated carbocycles. The fourth-order valence-corrected chi connectivity index (χ4v) is 3.74. The monoisotopic (exact) mass is 475 g/mol. The van der Waals surface area contributed by atoms with Gasteiger partial charge in [0.15, 0.2) is 5.13 Å². The Morgan fingerprint density at radius 2 is 2.03 bits per heavy atom. The molecule has 0 fully saturated rings. The zero-order chi connectivity index (χ0) is 22.8. The van der Waals surface area contributed by atoms with E-state index in [1.165, 1.54) is 16.8 Å². The summed E-state index contributed by atoms with van der Waals surface area (Å²) in [6, 6.07) is 4.42. The van der Waals surface area contributed by atoms with Crippen molar-refractivity contribution in [2.24, 2.45) is 5.92 Å². The molecule has 166 valence electrons. The number of benzene rings is 1. The lowest BCUT2D eigenvalue weighted by atomic mass is 10.1. The van der Waals surface area contributed by atoms with Crippen LogP contribution in [0.3, 0.4) is 0 Å². The molecule has 0 bridgehead atoms. The Labute approximate surface area is 184 Å². The number of carbonyl (C=O) groups excluding carboxylic acids is 1. The number of alkyl halides is 3. The van der Waals surface area contributed by atoms with E-state index in [-0.39, 0.29) is 23.1 Å². The van der Waals surface area contributed by atoms with E-state index in [2.05, 4.69) is 10.3 Å². The predicted molar refractivity (Wildman–Crippen MR) is 110 cm³/mol. The van der Waals surface area contributed by atoms with Gasteiger partial charge in [-0.3, -0.25) is 5.32 Å². The van der Waals surface area contributed by atoms with Crippen LogP contribution in [-0.4, -0.2) is 15.6 Å². The largest absolute Gasteiger partial charge is 0.420 e. The summed E-state index contributed by atoms with van der Waals surface area (Å²) in [4.78, 5) is 16.1. The molecule has 1 N–H and O–H groups in total. The minimum absolute atomic E-state index is 0.0485. The van der Waals surface area contributed by atoms with Crippen LogP contribution in [0.4, 0.5) is 27.5 Å². The SMILES string of the molecule is CC(C)Cc1cc(OC(=O)Nc2ncc(Cl)s2)n(Cc2ccc(F)c(C(F)(F)F)c2)c1. The maximum atomic E-state index is 13.6. The third-order valence-corrected chi connectivity index (χ3v) is 5.16. The first-order chi connectivity index (χ1) is 14.5. The number of amides is 1. The van der Waals surface area contributed by atoms with Crippen LogP contribution in [-0.2, 0) is 19.1 Å². The zero-order valence-electron chi connectivity index (χ0n) is 16.5. The standard InChI is InChI=1S/C20H18ClF4N3O2S/c1-11(2)5-13-7-17(30-19(29)27-18-26-8-16(21)31-18)28(10-13)9-12-3-4-15(22)14(6-12)20(23,24)25/h3-4,6-8,10-11H,5,9H2,1-2H3,(H,26,27,29).